The van der Waals surface area contributed by atoms with Gasteiger partial charge in [-0.25, -0.2) is 4.98 Å². The molecule has 6 heteroatoms. The first-order valence-corrected chi connectivity index (χ1v) is 5.37. The zero-order chi connectivity index (χ0) is 11.8. The molecule has 0 radical (unpaired) electrons. The second kappa shape index (κ2) is 3.65. The Morgan fingerprint density at radius 2 is 2.18 bits per heavy atom. The monoisotopic (exact) mass is 229 g/mol. The number of fused-ring (bicyclic) bond motifs is 3. The number of hydrogen-bond acceptors (Lipinski definition) is 5. The van der Waals surface area contributed by atoms with Crippen LogP contribution in [-0.4, -0.2) is 31.7 Å². The van der Waals surface area contributed by atoms with Gasteiger partial charge in [0.2, 0.25) is 5.88 Å². The third-order valence-electron chi connectivity index (χ3n) is 2.64. The van der Waals surface area contributed by atoms with Crippen LogP contribution in [0.25, 0.3) is 16.8 Å². The van der Waals surface area contributed by atoms with Gasteiger partial charge < -0.3 is 4.74 Å². The molecule has 3 heterocycles. The fourth-order valence-electron chi connectivity index (χ4n) is 1.82. The molecule has 17 heavy (non-hydrogen) atoms. The fraction of sp³-hybridized carbons (Fsp3) is 0.273. The largest absolute Gasteiger partial charge is 0.481 e. The molecule has 0 aliphatic rings. The number of aromatic nitrogens is 5. The maximum Gasteiger partial charge on any atom is 0.215 e. The smallest absolute Gasteiger partial charge is 0.215 e. The van der Waals surface area contributed by atoms with Crippen molar-refractivity contribution in [1.82, 2.24) is 24.6 Å². The molecule has 0 atom stereocenters. The minimum Gasteiger partial charge on any atom is -0.481 e. The van der Waals surface area contributed by atoms with E-state index in [4.69, 9.17) is 4.74 Å². The van der Waals surface area contributed by atoms with Crippen LogP contribution in [0.3, 0.4) is 0 Å². The van der Waals surface area contributed by atoms with Gasteiger partial charge in [-0.15, -0.1) is 10.2 Å². The van der Waals surface area contributed by atoms with Gasteiger partial charge in [0.15, 0.2) is 11.3 Å². The molecule has 3 rings (SSSR count). The van der Waals surface area contributed by atoms with E-state index in [-0.39, 0.29) is 0 Å². The van der Waals surface area contributed by atoms with Gasteiger partial charge in [0.1, 0.15) is 11.3 Å². The van der Waals surface area contributed by atoms with Gasteiger partial charge in [0.25, 0.3) is 0 Å². The molecular weight excluding hydrogens is 218 g/mol. The van der Waals surface area contributed by atoms with Crippen molar-refractivity contribution in [2.45, 2.75) is 13.3 Å². The Hall–Kier alpha value is -2.24. The maximum absolute atomic E-state index is 5.13. The quantitative estimate of drug-likeness (QED) is 0.661. The number of ether oxygens (including phenoxy) is 1. The number of pyridine rings is 1. The fourth-order valence-corrected chi connectivity index (χ4v) is 1.82. The van der Waals surface area contributed by atoms with E-state index >= 15 is 0 Å². The van der Waals surface area contributed by atoms with Crippen LogP contribution >= 0.6 is 0 Å². The highest BCUT2D eigenvalue weighted by Crippen LogP contribution is 2.16. The Morgan fingerprint density at radius 3 is 2.94 bits per heavy atom. The minimum atomic E-state index is 0.558. The number of nitrogens with zero attached hydrogens (tertiary/aromatic N) is 5. The van der Waals surface area contributed by atoms with Crippen LogP contribution in [0, 0.1) is 0 Å². The average molecular weight is 229 g/mol. The Labute approximate surface area is 97.3 Å². The molecule has 0 saturated carbocycles. The zero-order valence-corrected chi connectivity index (χ0v) is 9.58. The molecule has 86 valence electrons. The lowest BCUT2D eigenvalue weighted by atomic mass is 10.4. The summed E-state index contributed by atoms with van der Waals surface area (Å²) >= 11 is 0. The molecule has 0 aliphatic heterocycles. The van der Waals surface area contributed by atoms with Crippen molar-refractivity contribution in [2.75, 3.05) is 7.11 Å². The molecule has 6 nitrogen and oxygen atoms in total. The highest BCUT2D eigenvalue weighted by Gasteiger charge is 2.09. The third kappa shape index (κ3) is 1.41. The Balaban J connectivity index is 2.46. The summed E-state index contributed by atoms with van der Waals surface area (Å²) in [7, 11) is 1.59. The van der Waals surface area contributed by atoms with E-state index in [1.807, 2.05) is 17.4 Å². The van der Waals surface area contributed by atoms with Crippen LogP contribution in [0.4, 0.5) is 0 Å². The molecular formula is C11H11N5O. The molecule has 0 unspecified atom stereocenters. The summed E-state index contributed by atoms with van der Waals surface area (Å²) in [4.78, 5) is 8.70. The van der Waals surface area contributed by atoms with Gasteiger partial charge in [-0.05, 0) is 6.07 Å². The molecule has 0 spiro atoms. The summed E-state index contributed by atoms with van der Waals surface area (Å²) < 4.78 is 7.04. The van der Waals surface area contributed by atoms with E-state index in [9.17, 15) is 0 Å². The Morgan fingerprint density at radius 1 is 1.29 bits per heavy atom. The third-order valence-corrected chi connectivity index (χ3v) is 2.64. The first-order valence-electron chi connectivity index (χ1n) is 5.37. The molecule has 3 aromatic rings. The number of hydrogen-bond donors (Lipinski definition) is 0. The lowest BCUT2D eigenvalue weighted by Crippen LogP contribution is -2.01. The van der Waals surface area contributed by atoms with Crippen LogP contribution in [-0.2, 0) is 6.42 Å². The van der Waals surface area contributed by atoms with Crippen LogP contribution in [0.2, 0.25) is 0 Å². The van der Waals surface area contributed by atoms with Crippen molar-refractivity contribution in [3.63, 3.8) is 0 Å². The predicted octanol–water partition coefficient (Wildman–Crippen LogP) is 1.24. The summed E-state index contributed by atoms with van der Waals surface area (Å²) in [6.45, 7) is 2.04. The molecule has 0 amide bonds. The van der Waals surface area contributed by atoms with E-state index in [2.05, 4.69) is 20.2 Å². The van der Waals surface area contributed by atoms with Crippen LogP contribution in [0.5, 0.6) is 5.88 Å². The number of aryl methyl sites for hydroxylation is 1. The SMILES string of the molecule is CCc1ncc2nnc3ccc(OC)nc3n12. The maximum atomic E-state index is 5.13. The van der Waals surface area contributed by atoms with E-state index in [0.717, 1.165) is 23.4 Å². The molecule has 0 saturated heterocycles. The van der Waals surface area contributed by atoms with Crippen LogP contribution in [0.1, 0.15) is 12.7 Å². The van der Waals surface area contributed by atoms with E-state index < -0.39 is 0 Å². The summed E-state index contributed by atoms with van der Waals surface area (Å²) in [5.74, 6) is 1.48. The van der Waals surface area contributed by atoms with Crippen LogP contribution in [0.15, 0.2) is 18.3 Å². The van der Waals surface area contributed by atoms with E-state index in [1.165, 1.54) is 0 Å². The highest BCUT2D eigenvalue weighted by molar-refractivity contribution is 5.73. The second-order valence-corrected chi connectivity index (χ2v) is 3.62. The molecule has 0 bridgehead atoms. The Bertz CT molecular complexity index is 691. The molecule has 0 aliphatic carbocycles. The van der Waals surface area contributed by atoms with Crippen molar-refractivity contribution in [2.24, 2.45) is 0 Å². The first-order chi connectivity index (χ1) is 8.33. The topological polar surface area (TPSA) is 65.2 Å². The van der Waals surface area contributed by atoms with E-state index in [0.29, 0.717) is 11.5 Å². The lowest BCUT2D eigenvalue weighted by molar-refractivity contribution is 0.399. The van der Waals surface area contributed by atoms with Crippen LogP contribution < -0.4 is 4.74 Å². The summed E-state index contributed by atoms with van der Waals surface area (Å²) in [6, 6.07) is 3.61. The Kier molecular flexibility index (Phi) is 2.14. The molecule has 0 fully saturated rings. The van der Waals surface area contributed by atoms with Crippen molar-refractivity contribution in [3.8, 4) is 5.88 Å². The average Bonchev–Trinajstić information content (AvgIpc) is 2.81. The highest BCUT2D eigenvalue weighted by atomic mass is 16.5. The zero-order valence-electron chi connectivity index (χ0n) is 9.58. The summed E-state index contributed by atoms with van der Waals surface area (Å²) in [5.41, 5.74) is 2.16. The van der Waals surface area contributed by atoms with Crippen molar-refractivity contribution < 1.29 is 4.74 Å². The predicted molar refractivity (Wildman–Crippen MR) is 62.0 cm³/mol. The summed E-state index contributed by atoms with van der Waals surface area (Å²) in [6.07, 6.45) is 2.51. The number of methoxy groups -OCH3 is 1. The van der Waals surface area contributed by atoms with Gasteiger partial charge in [0, 0.05) is 12.5 Å². The lowest BCUT2D eigenvalue weighted by Gasteiger charge is -2.04. The van der Waals surface area contributed by atoms with E-state index in [1.54, 1.807) is 19.4 Å². The summed E-state index contributed by atoms with van der Waals surface area (Å²) in [5, 5.41) is 8.21. The van der Waals surface area contributed by atoms with Crippen molar-refractivity contribution in [3.05, 3.63) is 24.2 Å². The molecule has 0 aromatic carbocycles. The number of imidazole rings is 1. The van der Waals surface area contributed by atoms with Crippen molar-refractivity contribution in [1.29, 1.82) is 0 Å². The first kappa shape index (κ1) is 9.95. The minimum absolute atomic E-state index is 0.558. The normalized spacial score (nSPS) is 11.2. The molecule has 3 aromatic heterocycles. The van der Waals surface area contributed by atoms with Gasteiger partial charge in [-0.2, -0.15) is 4.98 Å². The van der Waals surface area contributed by atoms with Gasteiger partial charge >= 0.3 is 0 Å². The van der Waals surface area contributed by atoms with Crippen molar-refractivity contribution >= 4 is 16.8 Å². The van der Waals surface area contributed by atoms with Gasteiger partial charge in [-0.3, -0.25) is 4.40 Å². The second-order valence-electron chi connectivity index (χ2n) is 3.62. The molecule has 0 N–H and O–H groups in total. The van der Waals surface area contributed by atoms with Gasteiger partial charge in [0.05, 0.1) is 13.3 Å². The standard InChI is InChI=1S/C11H11N5O/c1-3-8-12-6-9-15-14-7-4-5-10(17-2)13-11(7)16(8)9/h4-6H,3H2,1-2H3. The van der Waals surface area contributed by atoms with Gasteiger partial charge in [-0.1, -0.05) is 6.92 Å². The number of rotatable bonds is 2.